The molecule has 1 N–H and O–H groups in total. The van der Waals surface area contributed by atoms with Crippen LogP contribution in [0.5, 0.6) is 0 Å². The van der Waals surface area contributed by atoms with Gasteiger partial charge in [0.05, 0.1) is 5.75 Å². The van der Waals surface area contributed by atoms with E-state index in [1.165, 1.54) is 0 Å². The lowest BCUT2D eigenvalue weighted by Gasteiger charge is -2.05. The first-order chi connectivity index (χ1) is 8.99. The molecule has 8 heteroatoms. The van der Waals surface area contributed by atoms with E-state index in [1.54, 1.807) is 11.6 Å². The van der Waals surface area contributed by atoms with Gasteiger partial charge in [-0.2, -0.15) is 0 Å². The predicted molar refractivity (Wildman–Crippen MR) is 82.5 cm³/mol. The highest BCUT2D eigenvalue weighted by molar-refractivity contribution is 14.1. The average molecular weight is 410 g/mol. The third kappa shape index (κ3) is 3.40. The van der Waals surface area contributed by atoms with Crippen LogP contribution in [0.4, 0.5) is 0 Å². The number of hydrogen-bond acceptors (Lipinski definition) is 4. The van der Waals surface area contributed by atoms with Crippen LogP contribution in [-0.2, 0) is 11.8 Å². The van der Waals surface area contributed by atoms with Crippen molar-refractivity contribution in [3.8, 4) is 11.4 Å². The Morgan fingerprint density at radius 3 is 2.95 bits per heavy atom. The number of aromatic nitrogens is 3. The number of benzene rings is 1. The number of aliphatic carboxylic acids is 1. The van der Waals surface area contributed by atoms with E-state index in [4.69, 9.17) is 16.7 Å². The highest BCUT2D eigenvalue weighted by Crippen LogP contribution is 2.28. The minimum absolute atomic E-state index is 0.0430. The largest absolute Gasteiger partial charge is 0.481 e. The number of nitrogens with zero attached hydrogens (tertiary/aromatic N) is 3. The zero-order valence-corrected chi connectivity index (χ0v) is 13.5. The number of hydrogen-bond donors (Lipinski definition) is 1. The molecular weight excluding hydrogens is 401 g/mol. The van der Waals surface area contributed by atoms with Crippen LogP contribution < -0.4 is 0 Å². The number of rotatable bonds is 4. The fraction of sp³-hybridized carbons (Fsp3) is 0.182. The lowest BCUT2D eigenvalue weighted by atomic mass is 10.2. The van der Waals surface area contributed by atoms with Crippen LogP contribution in [0.2, 0.25) is 5.02 Å². The minimum atomic E-state index is -0.883. The van der Waals surface area contributed by atoms with E-state index in [-0.39, 0.29) is 5.75 Å². The lowest BCUT2D eigenvalue weighted by Crippen LogP contribution is -2.01. The summed E-state index contributed by atoms with van der Waals surface area (Å²) in [6, 6.07) is 5.53. The molecular formula is C11H9ClIN3O2S. The van der Waals surface area contributed by atoms with Gasteiger partial charge in [0.25, 0.3) is 0 Å². The Balaban J connectivity index is 2.36. The van der Waals surface area contributed by atoms with Gasteiger partial charge in [-0.05, 0) is 40.8 Å². The van der Waals surface area contributed by atoms with E-state index >= 15 is 0 Å². The highest BCUT2D eigenvalue weighted by atomic mass is 127. The number of carbonyl (C=O) groups is 1. The number of carboxylic acid groups (broad SMARTS) is 1. The molecule has 2 aromatic rings. The summed E-state index contributed by atoms with van der Waals surface area (Å²) >= 11 is 9.32. The van der Waals surface area contributed by atoms with E-state index in [1.807, 2.05) is 18.2 Å². The number of thioether (sulfide) groups is 1. The van der Waals surface area contributed by atoms with Crippen LogP contribution in [0.1, 0.15) is 0 Å². The van der Waals surface area contributed by atoms with Gasteiger partial charge in [0.2, 0.25) is 0 Å². The Bertz CT molecular complexity index is 632. The maximum Gasteiger partial charge on any atom is 0.313 e. The molecule has 0 aliphatic heterocycles. The van der Waals surface area contributed by atoms with Crippen molar-refractivity contribution in [1.82, 2.24) is 14.8 Å². The van der Waals surface area contributed by atoms with Crippen LogP contribution in [-0.4, -0.2) is 31.6 Å². The van der Waals surface area contributed by atoms with E-state index in [0.29, 0.717) is 16.0 Å². The maximum atomic E-state index is 10.6. The summed E-state index contributed by atoms with van der Waals surface area (Å²) in [7, 11) is 1.80. The first-order valence-corrected chi connectivity index (χ1v) is 7.62. The molecule has 0 saturated heterocycles. The van der Waals surface area contributed by atoms with Gasteiger partial charge in [-0.15, -0.1) is 10.2 Å². The van der Waals surface area contributed by atoms with Gasteiger partial charge in [0.1, 0.15) is 0 Å². The molecule has 0 unspecified atom stereocenters. The average Bonchev–Trinajstić information content (AvgIpc) is 2.71. The van der Waals surface area contributed by atoms with Gasteiger partial charge in [0.15, 0.2) is 11.0 Å². The third-order valence-corrected chi connectivity index (χ3v) is 4.51. The second-order valence-corrected chi connectivity index (χ2v) is 6.21. The predicted octanol–water partition coefficient (Wildman–Crippen LogP) is 2.92. The van der Waals surface area contributed by atoms with Gasteiger partial charge in [-0.1, -0.05) is 23.4 Å². The van der Waals surface area contributed by atoms with Gasteiger partial charge >= 0.3 is 5.97 Å². The van der Waals surface area contributed by atoms with E-state index < -0.39 is 5.97 Å². The Hall–Kier alpha value is -0.800. The zero-order chi connectivity index (χ0) is 14.0. The first kappa shape index (κ1) is 14.6. The van der Waals surface area contributed by atoms with Crippen molar-refractivity contribution in [2.45, 2.75) is 5.16 Å². The first-order valence-electron chi connectivity index (χ1n) is 5.18. The Labute approximate surface area is 132 Å². The van der Waals surface area contributed by atoms with Crippen molar-refractivity contribution in [3.05, 3.63) is 26.8 Å². The van der Waals surface area contributed by atoms with Crippen LogP contribution in [0.15, 0.2) is 23.4 Å². The lowest BCUT2D eigenvalue weighted by molar-refractivity contribution is -0.133. The highest BCUT2D eigenvalue weighted by Gasteiger charge is 2.14. The second-order valence-electron chi connectivity index (χ2n) is 3.67. The van der Waals surface area contributed by atoms with Crippen molar-refractivity contribution < 1.29 is 9.90 Å². The molecule has 19 heavy (non-hydrogen) atoms. The molecule has 0 aliphatic carbocycles. The molecule has 0 bridgehead atoms. The molecule has 0 radical (unpaired) electrons. The Morgan fingerprint density at radius 1 is 1.53 bits per heavy atom. The molecule has 0 amide bonds. The Morgan fingerprint density at radius 2 is 2.26 bits per heavy atom. The molecule has 2 rings (SSSR count). The Kier molecular flexibility index (Phi) is 4.69. The molecule has 0 atom stereocenters. The fourth-order valence-corrected chi connectivity index (χ4v) is 2.85. The molecule has 100 valence electrons. The molecule has 1 heterocycles. The summed E-state index contributed by atoms with van der Waals surface area (Å²) in [5.74, 6) is -0.259. The number of carboxylic acids is 1. The van der Waals surface area contributed by atoms with Crippen molar-refractivity contribution in [1.29, 1.82) is 0 Å². The van der Waals surface area contributed by atoms with Crippen LogP contribution >= 0.6 is 46.0 Å². The fourth-order valence-electron chi connectivity index (χ4n) is 1.47. The van der Waals surface area contributed by atoms with Crippen LogP contribution in [0.3, 0.4) is 0 Å². The van der Waals surface area contributed by atoms with E-state index in [0.717, 1.165) is 20.9 Å². The molecule has 1 aromatic heterocycles. The smallest absolute Gasteiger partial charge is 0.313 e. The van der Waals surface area contributed by atoms with Crippen molar-refractivity contribution in [2.24, 2.45) is 7.05 Å². The third-order valence-electron chi connectivity index (χ3n) is 2.33. The summed E-state index contributed by atoms with van der Waals surface area (Å²) in [5.41, 5.74) is 0.880. The SMILES string of the molecule is Cn1c(SCC(=O)O)nnc1-c1cc(Cl)ccc1I. The normalized spacial score (nSPS) is 10.7. The molecule has 0 aliphatic rings. The minimum Gasteiger partial charge on any atom is -0.481 e. The van der Waals surface area contributed by atoms with Crippen LogP contribution in [0, 0.1) is 3.57 Å². The maximum absolute atomic E-state index is 10.6. The molecule has 0 fully saturated rings. The summed E-state index contributed by atoms with van der Waals surface area (Å²) in [6.07, 6.45) is 0. The topological polar surface area (TPSA) is 68.0 Å². The summed E-state index contributed by atoms with van der Waals surface area (Å²) in [6.45, 7) is 0. The molecule has 0 spiro atoms. The molecule has 1 aromatic carbocycles. The summed E-state index contributed by atoms with van der Waals surface area (Å²) in [5, 5.41) is 18.0. The molecule has 0 saturated carbocycles. The standard InChI is InChI=1S/C11H9ClIN3O2S/c1-16-10(7-4-6(12)2-3-8(7)13)14-15-11(16)19-5-9(17)18/h2-4H,5H2,1H3,(H,17,18). The van der Waals surface area contributed by atoms with E-state index in [9.17, 15) is 4.79 Å². The van der Waals surface area contributed by atoms with E-state index in [2.05, 4.69) is 32.8 Å². The van der Waals surface area contributed by atoms with Crippen molar-refractivity contribution >= 4 is 51.9 Å². The monoisotopic (exact) mass is 409 g/mol. The van der Waals surface area contributed by atoms with Gasteiger partial charge in [-0.25, -0.2) is 0 Å². The van der Waals surface area contributed by atoms with Crippen molar-refractivity contribution in [2.75, 3.05) is 5.75 Å². The van der Waals surface area contributed by atoms with Crippen LogP contribution in [0.25, 0.3) is 11.4 Å². The number of halogens is 2. The second kappa shape index (κ2) is 6.10. The van der Waals surface area contributed by atoms with Gasteiger partial charge < -0.3 is 9.67 Å². The van der Waals surface area contributed by atoms with Gasteiger partial charge in [-0.3, -0.25) is 4.79 Å². The summed E-state index contributed by atoms with van der Waals surface area (Å²) in [4.78, 5) is 10.6. The zero-order valence-electron chi connectivity index (χ0n) is 9.80. The molecule has 5 nitrogen and oxygen atoms in total. The van der Waals surface area contributed by atoms with Gasteiger partial charge in [0, 0.05) is 21.2 Å². The van der Waals surface area contributed by atoms with Crippen molar-refractivity contribution in [3.63, 3.8) is 0 Å². The summed E-state index contributed by atoms with van der Waals surface area (Å²) < 4.78 is 2.77. The quantitative estimate of drug-likeness (QED) is 0.621.